The average molecular weight is 522 g/mol. The quantitative estimate of drug-likeness (QED) is 0.255. The van der Waals surface area contributed by atoms with Gasteiger partial charge in [0.15, 0.2) is 6.73 Å². The standard InChI is InChI=1S/C21H25ClFNO9S/c1-2-31-20(27)16-10-13(15-7-6-14(23)11-17(15)22)5-8-18(16)34(29,30)24-12-33-21(28)32-9-3-4-19(25)26/h6-7,10-11,13,18,24H,2-5,8-9,12H2,1H3,(H,25,26). The maximum absolute atomic E-state index is 13.4. The topological polar surface area (TPSA) is 145 Å². The van der Waals surface area contributed by atoms with E-state index in [0.29, 0.717) is 12.0 Å². The monoisotopic (exact) mass is 521 g/mol. The van der Waals surface area contributed by atoms with Crippen molar-refractivity contribution in [2.75, 3.05) is 19.9 Å². The van der Waals surface area contributed by atoms with E-state index in [9.17, 15) is 27.2 Å². The summed E-state index contributed by atoms with van der Waals surface area (Å²) in [5, 5.41) is 7.40. The van der Waals surface area contributed by atoms with E-state index >= 15 is 0 Å². The van der Waals surface area contributed by atoms with Crippen LogP contribution in [0, 0.1) is 5.82 Å². The summed E-state index contributed by atoms with van der Waals surface area (Å²) in [5.74, 6) is -2.83. The smallest absolute Gasteiger partial charge is 0.481 e. The summed E-state index contributed by atoms with van der Waals surface area (Å²) < 4.78 is 55.5. The van der Waals surface area contributed by atoms with Gasteiger partial charge in [-0.05, 0) is 43.9 Å². The molecule has 2 N–H and O–H groups in total. The summed E-state index contributed by atoms with van der Waals surface area (Å²) >= 11 is 6.13. The fourth-order valence-corrected chi connectivity index (χ4v) is 5.06. The second-order valence-electron chi connectivity index (χ2n) is 7.25. The van der Waals surface area contributed by atoms with Crippen molar-refractivity contribution in [3.63, 3.8) is 0 Å². The van der Waals surface area contributed by atoms with Crippen LogP contribution in [-0.4, -0.2) is 56.8 Å². The summed E-state index contributed by atoms with van der Waals surface area (Å²) in [4.78, 5) is 34.5. The van der Waals surface area contributed by atoms with Crippen LogP contribution < -0.4 is 4.72 Å². The van der Waals surface area contributed by atoms with Gasteiger partial charge >= 0.3 is 18.1 Å². The van der Waals surface area contributed by atoms with Gasteiger partial charge in [0.1, 0.15) is 11.1 Å². The molecule has 0 bridgehead atoms. The van der Waals surface area contributed by atoms with Crippen molar-refractivity contribution in [1.82, 2.24) is 4.72 Å². The number of carbonyl (C=O) groups is 3. The second-order valence-corrected chi connectivity index (χ2v) is 9.61. The number of halogens is 2. The summed E-state index contributed by atoms with van der Waals surface area (Å²) in [5.41, 5.74) is 0.435. The lowest BCUT2D eigenvalue weighted by Crippen LogP contribution is -2.41. The Hall–Kier alpha value is -2.70. The normalized spacial score (nSPS) is 18.0. The number of sulfonamides is 1. The van der Waals surface area contributed by atoms with Gasteiger partial charge in [0, 0.05) is 17.4 Å². The predicted molar refractivity (Wildman–Crippen MR) is 118 cm³/mol. The molecule has 0 heterocycles. The first-order chi connectivity index (χ1) is 16.0. The van der Waals surface area contributed by atoms with Gasteiger partial charge in [-0.3, -0.25) is 4.79 Å². The zero-order chi connectivity index (χ0) is 25.3. The van der Waals surface area contributed by atoms with Crippen LogP contribution in [0.3, 0.4) is 0 Å². The molecule has 34 heavy (non-hydrogen) atoms. The number of carbonyl (C=O) groups excluding carboxylic acids is 2. The zero-order valence-electron chi connectivity index (χ0n) is 18.3. The van der Waals surface area contributed by atoms with Gasteiger partial charge in [-0.2, -0.15) is 4.72 Å². The van der Waals surface area contributed by atoms with E-state index in [4.69, 9.17) is 21.4 Å². The number of carboxylic acids is 1. The van der Waals surface area contributed by atoms with Gasteiger partial charge in [0.25, 0.3) is 0 Å². The number of ether oxygens (including phenoxy) is 3. The Morgan fingerprint density at radius 2 is 1.94 bits per heavy atom. The maximum Gasteiger partial charge on any atom is 0.509 e. The van der Waals surface area contributed by atoms with E-state index in [1.807, 2.05) is 0 Å². The van der Waals surface area contributed by atoms with Crippen LogP contribution in [-0.2, 0) is 33.8 Å². The first-order valence-electron chi connectivity index (χ1n) is 10.4. The van der Waals surface area contributed by atoms with Crippen molar-refractivity contribution < 1.29 is 46.5 Å². The van der Waals surface area contributed by atoms with Gasteiger partial charge in [0.05, 0.1) is 18.8 Å². The van der Waals surface area contributed by atoms with Crippen LogP contribution in [0.5, 0.6) is 0 Å². The summed E-state index contributed by atoms with van der Waals surface area (Å²) in [7, 11) is -4.17. The minimum atomic E-state index is -4.17. The van der Waals surface area contributed by atoms with E-state index in [2.05, 4.69) is 14.2 Å². The Labute approximate surface area is 201 Å². The van der Waals surface area contributed by atoms with Crippen LogP contribution in [0.1, 0.15) is 44.1 Å². The van der Waals surface area contributed by atoms with E-state index < -0.39 is 51.8 Å². The molecule has 1 aromatic carbocycles. The molecule has 0 radical (unpaired) electrons. The van der Waals surface area contributed by atoms with E-state index in [-0.39, 0.29) is 43.1 Å². The van der Waals surface area contributed by atoms with Gasteiger partial charge in [-0.1, -0.05) is 23.7 Å². The van der Waals surface area contributed by atoms with Gasteiger partial charge < -0.3 is 19.3 Å². The number of carboxylic acid groups (broad SMARTS) is 1. The van der Waals surface area contributed by atoms with Crippen LogP contribution in [0.4, 0.5) is 9.18 Å². The highest BCUT2D eigenvalue weighted by Gasteiger charge is 2.38. The Morgan fingerprint density at radius 1 is 1.21 bits per heavy atom. The summed E-state index contributed by atoms with van der Waals surface area (Å²) in [6.45, 7) is 0.645. The predicted octanol–water partition coefficient (Wildman–Crippen LogP) is 3.11. The van der Waals surface area contributed by atoms with Crippen LogP contribution in [0.25, 0.3) is 0 Å². The highest BCUT2D eigenvalue weighted by molar-refractivity contribution is 7.90. The summed E-state index contributed by atoms with van der Waals surface area (Å²) in [6, 6.07) is 3.84. The highest BCUT2D eigenvalue weighted by atomic mass is 35.5. The number of allylic oxidation sites excluding steroid dienone is 1. The molecule has 2 atom stereocenters. The second kappa shape index (κ2) is 12.7. The Morgan fingerprint density at radius 3 is 2.59 bits per heavy atom. The van der Waals surface area contributed by atoms with Crippen molar-refractivity contribution in [2.45, 2.75) is 43.8 Å². The van der Waals surface area contributed by atoms with E-state index in [1.54, 1.807) is 6.92 Å². The molecule has 0 spiro atoms. The lowest BCUT2D eigenvalue weighted by atomic mass is 9.85. The third-order valence-electron chi connectivity index (χ3n) is 4.92. The maximum atomic E-state index is 13.4. The van der Waals surface area contributed by atoms with Crippen LogP contribution >= 0.6 is 11.6 Å². The molecule has 0 aliphatic heterocycles. The largest absolute Gasteiger partial charge is 0.509 e. The van der Waals surface area contributed by atoms with Gasteiger partial charge in [-0.15, -0.1) is 0 Å². The summed E-state index contributed by atoms with van der Waals surface area (Å²) in [6.07, 6.45) is 0.468. The number of nitrogens with one attached hydrogen (secondary N) is 1. The molecule has 0 saturated carbocycles. The molecule has 1 aliphatic carbocycles. The van der Waals surface area contributed by atoms with Crippen molar-refractivity contribution in [3.8, 4) is 0 Å². The molecule has 10 nitrogen and oxygen atoms in total. The molecule has 0 saturated heterocycles. The first kappa shape index (κ1) is 27.5. The van der Waals surface area contributed by atoms with Crippen molar-refractivity contribution >= 4 is 39.7 Å². The molecule has 13 heteroatoms. The number of esters is 1. The molecule has 0 aromatic heterocycles. The lowest BCUT2D eigenvalue weighted by molar-refractivity contribution is -0.139. The van der Waals surface area contributed by atoms with Crippen molar-refractivity contribution in [2.24, 2.45) is 0 Å². The van der Waals surface area contributed by atoms with Gasteiger partial charge in [-0.25, -0.2) is 22.4 Å². The molecule has 1 aromatic rings. The Kier molecular flexibility index (Phi) is 10.3. The van der Waals surface area contributed by atoms with Gasteiger partial charge in [0.2, 0.25) is 10.0 Å². The number of rotatable bonds is 11. The van der Waals surface area contributed by atoms with Crippen LogP contribution in [0.15, 0.2) is 29.8 Å². The molecule has 1 aliphatic rings. The lowest BCUT2D eigenvalue weighted by Gasteiger charge is -2.28. The molecule has 0 amide bonds. The SMILES string of the molecule is CCOC(=O)C1=CC(c2ccc(F)cc2Cl)CCC1S(=O)(=O)NCOC(=O)OCCCC(=O)O. The average Bonchev–Trinajstić information content (AvgIpc) is 2.76. The number of hydrogen-bond donors (Lipinski definition) is 2. The molecule has 188 valence electrons. The molecule has 2 unspecified atom stereocenters. The minimum Gasteiger partial charge on any atom is -0.481 e. The number of benzene rings is 1. The first-order valence-corrected chi connectivity index (χ1v) is 12.3. The third-order valence-corrected chi connectivity index (χ3v) is 7.01. The van der Waals surface area contributed by atoms with Crippen molar-refractivity contribution in [1.29, 1.82) is 0 Å². The van der Waals surface area contributed by atoms with E-state index in [1.165, 1.54) is 18.2 Å². The van der Waals surface area contributed by atoms with Crippen LogP contribution in [0.2, 0.25) is 5.02 Å². The Bertz CT molecular complexity index is 1040. The molecular formula is C21H25ClFNO9S. The minimum absolute atomic E-state index is 0.0230. The zero-order valence-corrected chi connectivity index (χ0v) is 19.9. The van der Waals surface area contributed by atoms with E-state index in [0.717, 1.165) is 6.07 Å². The molecule has 0 fully saturated rings. The molecular weight excluding hydrogens is 497 g/mol. The third kappa shape index (κ3) is 7.96. The fourth-order valence-electron chi connectivity index (χ4n) is 3.37. The van der Waals surface area contributed by atoms with Crippen molar-refractivity contribution in [3.05, 3.63) is 46.3 Å². The fraction of sp³-hybridized carbons (Fsp3) is 0.476. The molecule has 2 rings (SSSR count). The number of hydrogen-bond acceptors (Lipinski definition) is 8. The highest BCUT2D eigenvalue weighted by Crippen LogP contribution is 2.37. The number of aliphatic carboxylic acids is 1. The Balaban J connectivity index is 2.08.